The fourth-order valence-corrected chi connectivity index (χ4v) is 3.08. The van der Waals surface area contributed by atoms with Crippen LogP contribution in [-0.2, 0) is 0 Å². The molecule has 1 amide bonds. The molecule has 8 heteroatoms. The highest BCUT2D eigenvalue weighted by Crippen LogP contribution is 2.26. The van der Waals surface area contributed by atoms with E-state index < -0.39 is 0 Å². The van der Waals surface area contributed by atoms with E-state index in [1.807, 2.05) is 0 Å². The number of hydrogen-bond donors (Lipinski definition) is 1. The molecule has 120 valence electrons. The first kappa shape index (κ1) is 18.8. The van der Waals surface area contributed by atoms with Crippen LogP contribution in [-0.4, -0.2) is 34.9 Å². The number of benzene rings is 1. The summed E-state index contributed by atoms with van der Waals surface area (Å²) < 4.78 is 13.7. The Morgan fingerprint density at radius 3 is 2.73 bits per heavy atom. The molecule has 2 aromatic rings. The zero-order chi connectivity index (χ0) is 14.1. The van der Waals surface area contributed by atoms with Crippen LogP contribution >= 0.6 is 36.2 Å². The van der Waals surface area contributed by atoms with Gasteiger partial charge in [0.1, 0.15) is 16.5 Å². The number of likely N-dealkylation sites (tertiary alicyclic amines) is 1. The van der Waals surface area contributed by atoms with Crippen LogP contribution < -0.4 is 5.73 Å². The minimum absolute atomic E-state index is 0. The van der Waals surface area contributed by atoms with Crippen molar-refractivity contribution in [3.63, 3.8) is 0 Å². The smallest absolute Gasteiger partial charge is 0.273 e. The van der Waals surface area contributed by atoms with E-state index in [1.165, 1.54) is 17.4 Å². The SMILES string of the molecule is Cl.Cl.N[C@@H]1CCN(C(=O)c2csc(-c3ccccc3F)n2)C1. The van der Waals surface area contributed by atoms with Crippen molar-refractivity contribution in [2.75, 3.05) is 13.1 Å². The van der Waals surface area contributed by atoms with E-state index in [0.29, 0.717) is 29.4 Å². The summed E-state index contributed by atoms with van der Waals surface area (Å²) in [6, 6.07) is 6.47. The summed E-state index contributed by atoms with van der Waals surface area (Å²) in [5, 5.41) is 2.20. The van der Waals surface area contributed by atoms with E-state index in [4.69, 9.17) is 5.73 Å². The van der Waals surface area contributed by atoms with Crippen LogP contribution in [0.4, 0.5) is 4.39 Å². The van der Waals surface area contributed by atoms with Crippen molar-refractivity contribution in [1.82, 2.24) is 9.88 Å². The fourth-order valence-electron chi connectivity index (χ4n) is 2.26. The number of nitrogens with two attached hydrogens (primary N) is 1. The number of amides is 1. The number of halogens is 3. The predicted molar refractivity (Wildman–Crippen MR) is 90.5 cm³/mol. The Hall–Kier alpha value is -1.21. The Kier molecular flexibility index (Phi) is 6.74. The Morgan fingerprint density at radius 2 is 2.09 bits per heavy atom. The van der Waals surface area contributed by atoms with Gasteiger partial charge in [0.05, 0.1) is 0 Å². The number of thiazole rings is 1. The first-order valence-electron chi connectivity index (χ1n) is 6.40. The van der Waals surface area contributed by atoms with Gasteiger partial charge in [0.25, 0.3) is 5.91 Å². The molecule has 0 unspecified atom stereocenters. The molecule has 4 nitrogen and oxygen atoms in total. The average Bonchev–Trinajstić information content (AvgIpc) is 3.07. The molecule has 1 aliphatic rings. The molecule has 1 aromatic heterocycles. The van der Waals surface area contributed by atoms with E-state index in [9.17, 15) is 9.18 Å². The second-order valence-corrected chi connectivity index (χ2v) is 5.68. The topological polar surface area (TPSA) is 59.2 Å². The molecule has 1 fully saturated rings. The Balaban J connectivity index is 0.00000121. The van der Waals surface area contributed by atoms with Gasteiger partial charge in [-0.2, -0.15) is 0 Å². The van der Waals surface area contributed by atoms with Gasteiger partial charge in [0, 0.05) is 30.1 Å². The van der Waals surface area contributed by atoms with E-state index >= 15 is 0 Å². The van der Waals surface area contributed by atoms with Crippen LogP contribution in [0.5, 0.6) is 0 Å². The molecule has 1 aromatic carbocycles. The molecular weight excluding hydrogens is 348 g/mol. The van der Waals surface area contributed by atoms with Gasteiger partial charge in [-0.3, -0.25) is 4.79 Å². The third kappa shape index (κ3) is 3.76. The van der Waals surface area contributed by atoms with Crippen LogP contribution in [0.15, 0.2) is 29.6 Å². The number of carbonyl (C=O) groups is 1. The van der Waals surface area contributed by atoms with Crippen molar-refractivity contribution in [2.45, 2.75) is 12.5 Å². The highest BCUT2D eigenvalue weighted by Gasteiger charge is 2.26. The van der Waals surface area contributed by atoms with Crippen molar-refractivity contribution in [1.29, 1.82) is 0 Å². The molecule has 0 bridgehead atoms. The van der Waals surface area contributed by atoms with Crippen molar-refractivity contribution in [3.8, 4) is 10.6 Å². The van der Waals surface area contributed by atoms with Crippen LogP contribution in [0.25, 0.3) is 10.6 Å². The van der Waals surface area contributed by atoms with Crippen molar-refractivity contribution >= 4 is 42.1 Å². The van der Waals surface area contributed by atoms with Crippen LogP contribution in [0.1, 0.15) is 16.9 Å². The zero-order valence-corrected chi connectivity index (χ0v) is 14.0. The first-order chi connectivity index (χ1) is 9.65. The van der Waals surface area contributed by atoms with Crippen molar-refractivity contribution < 1.29 is 9.18 Å². The molecule has 0 spiro atoms. The van der Waals surface area contributed by atoms with E-state index in [0.717, 1.165) is 6.42 Å². The quantitative estimate of drug-likeness (QED) is 0.891. The lowest BCUT2D eigenvalue weighted by Crippen LogP contribution is -2.32. The minimum Gasteiger partial charge on any atom is -0.336 e. The molecule has 0 radical (unpaired) electrons. The van der Waals surface area contributed by atoms with Gasteiger partial charge < -0.3 is 10.6 Å². The Bertz CT molecular complexity index is 653. The van der Waals surface area contributed by atoms with Gasteiger partial charge >= 0.3 is 0 Å². The number of nitrogens with zero attached hydrogens (tertiary/aromatic N) is 2. The minimum atomic E-state index is -0.330. The highest BCUT2D eigenvalue weighted by atomic mass is 35.5. The third-order valence-corrected chi connectivity index (χ3v) is 4.22. The summed E-state index contributed by atoms with van der Waals surface area (Å²) in [5.74, 6) is -0.458. The lowest BCUT2D eigenvalue weighted by atomic mass is 10.2. The molecule has 22 heavy (non-hydrogen) atoms. The summed E-state index contributed by atoms with van der Waals surface area (Å²) in [4.78, 5) is 18.2. The molecule has 0 saturated carbocycles. The summed E-state index contributed by atoms with van der Waals surface area (Å²) in [6.45, 7) is 1.22. The Labute approximate surface area is 144 Å². The highest BCUT2D eigenvalue weighted by molar-refractivity contribution is 7.13. The van der Waals surface area contributed by atoms with Gasteiger partial charge in [-0.25, -0.2) is 9.37 Å². The molecule has 2 N–H and O–H groups in total. The number of rotatable bonds is 2. The molecule has 2 heterocycles. The molecule has 0 aliphatic carbocycles. The molecule has 3 rings (SSSR count). The standard InChI is InChI=1S/C14H14FN3OS.2ClH/c15-11-4-2-1-3-10(11)13-17-12(8-20-13)14(19)18-6-5-9(16)7-18;;/h1-4,8-9H,5-7,16H2;2*1H/t9-;;/m1../s1. The zero-order valence-electron chi connectivity index (χ0n) is 11.6. The average molecular weight is 364 g/mol. The monoisotopic (exact) mass is 363 g/mol. The van der Waals surface area contributed by atoms with E-state index in [1.54, 1.807) is 28.5 Å². The van der Waals surface area contributed by atoms with Gasteiger partial charge in [-0.1, -0.05) is 12.1 Å². The summed E-state index contributed by atoms with van der Waals surface area (Å²) >= 11 is 1.27. The summed E-state index contributed by atoms with van der Waals surface area (Å²) in [7, 11) is 0. The maximum Gasteiger partial charge on any atom is 0.273 e. The number of carbonyl (C=O) groups excluding carboxylic acids is 1. The van der Waals surface area contributed by atoms with Crippen LogP contribution in [0.2, 0.25) is 0 Å². The third-order valence-electron chi connectivity index (χ3n) is 3.34. The second-order valence-electron chi connectivity index (χ2n) is 4.82. The fraction of sp³-hybridized carbons (Fsp3) is 0.286. The summed E-state index contributed by atoms with van der Waals surface area (Å²) in [5.41, 5.74) is 6.58. The maximum atomic E-state index is 13.7. The van der Waals surface area contributed by atoms with Gasteiger partial charge in [-0.05, 0) is 18.6 Å². The normalized spacial score (nSPS) is 16.8. The largest absolute Gasteiger partial charge is 0.336 e. The molecule has 1 aliphatic heterocycles. The van der Waals surface area contributed by atoms with Gasteiger partial charge in [-0.15, -0.1) is 36.2 Å². The molecule has 1 atom stereocenters. The maximum absolute atomic E-state index is 13.7. The van der Waals surface area contributed by atoms with Crippen molar-refractivity contribution in [3.05, 3.63) is 41.2 Å². The van der Waals surface area contributed by atoms with Crippen LogP contribution in [0, 0.1) is 5.82 Å². The van der Waals surface area contributed by atoms with Crippen LogP contribution in [0.3, 0.4) is 0 Å². The lowest BCUT2D eigenvalue weighted by Gasteiger charge is -2.13. The predicted octanol–water partition coefficient (Wildman–Crippen LogP) is 2.97. The van der Waals surface area contributed by atoms with E-state index in [2.05, 4.69) is 4.98 Å². The van der Waals surface area contributed by atoms with Gasteiger partial charge in [0.2, 0.25) is 0 Å². The van der Waals surface area contributed by atoms with Gasteiger partial charge in [0.15, 0.2) is 0 Å². The summed E-state index contributed by atoms with van der Waals surface area (Å²) in [6.07, 6.45) is 0.816. The molecule has 1 saturated heterocycles. The number of aromatic nitrogens is 1. The van der Waals surface area contributed by atoms with Crippen molar-refractivity contribution in [2.24, 2.45) is 5.73 Å². The Morgan fingerprint density at radius 1 is 1.36 bits per heavy atom. The molecular formula is C14H16Cl2FN3OS. The number of hydrogen-bond acceptors (Lipinski definition) is 4. The lowest BCUT2D eigenvalue weighted by molar-refractivity contribution is 0.0786. The first-order valence-corrected chi connectivity index (χ1v) is 7.28. The second kappa shape index (κ2) is 7.87. The van der Waals surface area contributed by atoms with E-state index in [-0.39, 0.29) is 42.6 Å².